The molecule has 2 amide bonds. The Kier molecular flexibility index (Phi) is 14.6. The summed E-state index contributed by atoms with van der Waals surface area (Å²) in [4.78, 5) is 27.4. The van der Waals surface area contributed by atoms with Crippen molar-refractivity contribution in [3.8, 4) is 12.3 Å². The molecule has 9 heteroatoms. The number of carbonyl (C=O) groups is 2. The van der Waals surface area contributed by atoms with Crippen molar-refractivity contribution in [2.45, 2.75) is 102 Å². The zero-order valence-electron chi connectivity index (χ0n) is 26.6. The largest absolute Gasteiger partial charge is 0.390 e. The molecule has 0 radical (unpaired) electrons. The molecular weight excluding hydrogens is 588 g/mol. The molecule has 5 atom stereocenters. The van der Waals surface area contributed by atoms with Crippen molar-refractivity contribution in [1.82, 2.24) is 10.6 Å². The third kappa shape index (κ3) is 12.6. The number of hydrogen-bond donors (Lipinski definition) is 4. The van der Waals surface area contributed by atoms with Crippen molar-refractivity contribution >= 4 is 21.7 Å². The molecule has 4 N–H and O–H groups in total. The maximum absolute atomic E-state index is 13.7. The molecule has 1 saturated carbocycles. The van der Waals surface area contributed by atoms with Crippen LogP contribution in [0.1, 0.15) is 76.3 Å². The SMILES string of the molecule is C#CC[C@H](NC(=O)[C@H](Cc1ccccc1)CS(=O)(=O)Cc1ccccc1)C(=O)N[C@@H](CC1CCCCC1)[C@@H](O)[C@@H](O)CC(C)C. The Morgan fingerprint density at radius 2 is 1.51 bits per heavy atom. The highest BCUT2D eigenvalue weighted by molar-refractivity contribution is 7.90. The number of carbonyl (C=O) groups excluding carboxylic acids is 2. The second kappa shape index (κ2) is 18.1. The predicted octanol–water partition coefficient (Wildman–Crippen LogP) is 4.19. The summed E-state index contributed by atoms with van der Waals surface area (Å²) in [6, 6.07) is 16.1. The lowest BCUT2D eigenvalue weighted by molar-refractivity contribution is -0.132. The van der Waals surface area contributed by atoms with Gasteiger partial charge in [0.1, 0.15) is 12.1 Å². The van der Waals surface area contributed by atoms with Crippen LogP contribution < -0.4 is 10.6 Å². The normalized spacial score (nSPS) is 17.4. The van der Waals surface area contributed by atoms with Crippen LogP contribution in [0.2, 0.25) is 0 Å². The molecule has 2 aromatic rings. The molecule has 0 aliphatic heterocycles. The van der Waals surface area contributed by atoms with Crippen LogP contribution in [0.25, 0.3) is 0 Å². The summed E-state index contributed by atoms with van der Waals surface area (Å²) in [6.45, 7) is 3.91. The molecule has 45 heavy (non-hydrogen) atoms. The molecule has 0 bridgehead atoms. The van der Waals surface area contributed by atoms with Gasteiger partial charge in [-0.25, -0.2) is 8.42 Å². The van der Waals surface area contributed by atoms with E-state index < -0.39 is 57.6 Å². The van der Waals surface area contributed by atoms with Crippen LogP contribution in [-0.4, -0.2) is 60.5 Å². The van der Waals surface area contributed by atoms with Gasteiger partial charge in [-0.05, 0) is 42.2 Å². The Morgan fingerprint density at radius 3 is 2.09 bits per heavy atom. The molecule has 246 valence electrons. The molecule has 3 rings (SSSR count). The lowest BCUT2D eigenvalue weighted by atomic mass is 9.82. The summed E-state index contributed by atoms with van der Waals surface area (Å²) in [5.41, 5.74) is 1.42. The zero-order valence-corrected chi connectivity index (χ0v) is 27.4. The maximum Gasteiger partial charge on any atom is 0.243 e. The highest BCUT2D eigenvalue weighted by Gasteiger charge is 2.34. The Balaban J connectivity index is 1.79. The monoisotopic (exact) mass is 638 g/mol. The summed E-state index contributed by atoms with van der Waals surface area (Å²) < 4.78 is 26.5. The van der Waals surface area contributed by atoms with Gasteiger partial charge in [0, 0.05) is 6.42 Å². The van der Waals surface area contributed by atoms with Gasteiger partial charge in [-0.1, -0.05) is 107 Å². The highest BCUT2D eigenvalue weighted by atomic mass is 32.2. The Morgan fingerprint density at radius 1 is 0.911 bits per heavy atom. The number of hydrogen-bond acceptors (Lipinski definition) is 6. The Hall–Kier alpha value is -3.19. The van der Waals surface area contributed by atoms with Crippen molar-refractivity contribution in [3.63, 3.8) is 0 Å². The van der Waals surface area contributed by atoms with E-state index >= 15 is 0 Å². The van der Waals surface area contributed by atoms with Gasteiger partial charge in [0.15, 0.2) is 9.84 Å². The Bertz CT molecular complexity index is 1340. The van der Waals surface area contributed by atoms with E-state index in [-0.39, 0.29) is 24.5 Å². The number of benzene rings is 2. The van der Waals surface area contributed by atoms with Crippen LogP contribution in [0.5, 0.6) is 0 Å². The number of terminal acetylenes is 1. The van der Waals surface area contributed by atoms with E-state index in [0.29, 0.717) is 24.3 Å². The fraction of sp³-hybridized carbons (Fsp3) is 0.556. The quantitative estimate of drug-likeness (QED) is 0.192. The van der Waals surface area contributed by atoms with E-state index in [2.05, 4.69) is 16.6 Å². The molecule has 1 aliphatic carbocycles. The van der Waals surface area contributed by atoms with E-state index in [1.807, 2.05) is 50.2 Å². The molecule has 0 aromatic heterocycles. The number of aliphatic hydroxyl groups excluding tert-OH is 2. The molecule has 2 aromatic carbocycles. The fourth-order valence-corrected chi connectivity index (χ4v) is 7.88. The Labute approximate surface area is 269 Å². The van der Waals surface area contributed by atoms with Gasteiger partial charge >= 0.3 is 0 Å². The summed E-state index contributed by atoms with van der Waals surface area (Å²) in [7, 11) is -3.70. The summed E-state index contributed by atoms with van der Waals surface area (Å²) in [5, 5.41) is 27.5. The van der Waals surface area contributed by atoms with Gasteiger partial charge in [-0.2, -0.15) is 0 Å². The molecule has 1 aliphatic rings. The second-order valence-electron chi connectivity index (χ2n) is 12.9. The first kappa shape index (κ1) is 36.3. The highest BCUT2D eigenvalue weighted by Crippen LogP contribution is 2.29. The van der Waals surface area contributed by atoms with Crippen molar-refractivity contribution in [2.75, 3.05) is 5.75 Å². The molecule has 8 nitrogen and oxygen atoms in total. The van der Waals surface area contributed by atoms with Crippen LogP contribution in [-0.2, 0) is 31.6 Å². The molecule has 0 spiro atoms. The van der Waals surface area contributed by atoms with Gasteiger partial charge in [0.05, 0.1) is 29.6 Å². The first-order valence-corrected chi connectivity index (χ1v) is 18.0. The molecule has 1 fully saturated rings. The average Bonchev–Trinajstić information content (AvgIpc) is 3.00. The predicted molar refractivity (Wildman–Crippen MR) is 178 cm³/mol. The van der Waals surface area contributed by atoms with Gasteiger partial charge in [0.2, 0.25) is 11.8 Å². The van der Waals surface area contributed by atoms with Crippen molar-refractivity contribution in [3.05, 3.63) is 71.8 Å². The van der Waals surface area contributed by atoms with Crippen LogP contribution in [0.4, 0.5) is 0 Å². The van der Waals surface area contributed by atoms with E-state index in [9.17, 15) is 28.2 Å². The maximum atomic E-state index is 13.7. The molecular formula is C36H50N2O6S. The number of rotatable bonds is 17. The van der Waals surface area contributed by atoms with Crippen molar-refractivity contribution < 1.29 is 28.2 Å². The first-order chi connectivity index (χ1) is 21.5. The molecule has 0 saturated heterocycles. The molecule has 0 heterocycles. The third-order valence-corrected chi connectivity index (χ3v) is 10.2. The topological polar surface area (TPSA) is 133 Å². The first-order valence-electron chi connectivity index (χ1n) is 16.2. The summed E-state index contributed by atoms with van der Waals surface area (Å²) >= 11 is 0. The minimum Gasteiger partial charge on any atom is -0.390 e. The van der Waals surface area contributed by atoms with Gasteiger partial charge in [-0.15, -0.1) is 12.3 Å². The third-order valence-electron chi connectivity index (χ3n) is 8.49. The van der Waals surface area contributed by atoms with E-state index in [1.165, 1.54) is 0 Å². The number of nitrogens with one attached hydrogen (secondary N) is 2. The summed E-state index contributed by atoms with van der Waals surface area (Å²) in [5.74, 6) is 0.165. The van der Waals surface area contributed by atoms with Crippen molar-refractivity contribution in [1.29, 1.82) is 0 Å². The lowest BCUT2D eigenvalue weighted by Crippen LogP contribution is -2.56. The number of aliphatic hydroxyl groups is 2. The average molecular weight is 639 g/mol. The number of sulfone groups is 1. The van der Waals surface area contributed by atoms with Gasteiger partial charge < -0.3 is 20.8 Å². The fourth-order valence-electron chi connectivity index (χ4n) is 6.18. The van der Waals surface area contributed by atoms with Gasteiger partial charge in [0.25, 0.3) is 0 Å². The molecule has 0 unspecified atom stereocenters. The van der Waals surface area contributed by atoms with Crippen LogP contribution in [0, 0.1) is 30.1 Å². The zero-order chi connectivity index (χ0) is 32.8. The van der Waals surface area contributed by atoms with E-state index in [1.54, 1.807) is 24.3 Å². The van der Waals surface area contributed by atoms with Crippen LogP contribution in [0.3, 0.4) is 0 Å². The van der Waals surface area contributed by atoms with E-state index in [0.717, 1.165) is 37.7 Å². The summed E-state index contributed by atoms with van der Waals surface area (Å²) in [6.07, 6.45) is 9.63. The minimum atomic E-state index is -3.70. The van der Waals surface area contributed by atoms with Crippen LogP contribution >= 0.6 is 0 Å². The smallest absolute Gasteiger partial charge is 0.243 e. The minimum absolute atomic E-state index is 0.118. The van der Waals surface area contributed by atoms with Crippen molar-refractivity contribution in [2.24, 2.45) is 17.8 Å². The van der Waals surface area contributed by atoms with Gasteiger partial charge in [-0.3, -0.25) is 9.59 Å². The standard InChI is InChI=1S/C36H50N2O6S/c1-4-14-31(36(42)38-32(23-28-17-10-6-11-18-28)34(40)33(39)21-26(2)3)37-35(41)30(22-27-15-8-5-9-16-27)25-45(43,44)24-29-19-12-7-13-20-29/h1,5,7-9,12-13,15-16,19-20,26,28,30-34,39-40H,6,10-11,14,17-18,21-25H2,2-3H3,(H,37,41)(H,38,42)/t30-,31+,32+,33+,34-/m1/s1. The second-order valence-corrected chi connectivity index (χ2v) is 15.0. The number of amides is 2. The van der Waals surface area contributed by atoms with E-state index in [4.69, 9.17) is 6.42 Å². The lowest BCUT2D eigenvalue weighted by Gasteiger charge is -2.33. The van der Waals surface area contributed by atoms with Crippen LogP contribution in [0.15, 0.2) is 60.7 Å².